The van der Waals surface area contributed by atoms with E-state index in [0.717, 1.165) is 45.1 Å². The molecule has 4 aromatic carbocycles. The standard InChI is InChI=1S/C26H18N2/c1-3-11-19(12-4-1)27-25-21-15-7-9-17-23(21)26(24-18-10-8-16-22(24)25)28-20-13-5-2-6-14-20/h1-18H. The Labute approximate surface area is 164 Å². The fourth-order valence-corrected chi connectivity index (χ4v) is 3.59. The molecule has 0 atom stereocenters. The zero-order valence-electron chi connectivity index (χ0n) is 15.3. The van der Waals surface area contributed by atoms with Gasteiger partial charge in [-0.25, -0.2) is 9.98 Å². The molecule has 0 heterocycles. The van der Waals surface area contributed by atoms with Crippen LogP contribution in [0.1, 0.15) is 22.3 Å². The molecule has 2 nitrogen and oxygen atoms in total. The summed E-state index contributed by atoms with van der Waals surface area (Å²) in [6, 6.07) is 37.0. The van der Waals surface area contributed by atoms with Gasteiger partial charge in [0.1, 0.15) is 0 Å². The minimum absolute atomic E-state index is 0.950. The first kappa shape index (κ1) is 16.4. The van der Waals surface area contributed by atoms with Gasteiger partial charge in [-0.05, 0) is 24.3 Å². The van der Waals surface area contributed by atoms with Gasteiger partial charge in [-0.3, -0.25) is 0 Å². The van der Waals surface area contributed by atoms with Crippen LogP contribution < -0.4 is 0 Å². The molecular formula is C26H18N2. The number of rotatable bonds is 2. The first-order chi connectivity index (χ1) is 13.9. The second-order valence-corrected chi connectivity index (χ2v) is 6.68. The summed E-state index contributed by atoms with van der Waals surface area (Å²) in [4.78, 5) is 10.0. The molecule has 4 aromatic rings. The van der Waals surface area contributed by atoms with Gasteiger partial charge in [0, 0.05) is 22.3 Å². The lowest BCUT2D eigenvalue weighted by Crippen LogP contribution is -2.22. The highest BCUT2D eigenvalue weighted by atomic mass is 14.8. The minimum Gasteiger partial charge on any atom is -0.248 e. The molecule has 0 spiro atoms. The number of nitrogens with zero attached hydrogens (tertiary/aromatic N) is 2. The van der Waals surface area contributed by atoms with Gasteiger partial charge in [0.15, 0.2) is 0 Å². The Bertz CT molecular complexity index is 1040. The van der Waals surface area contributed by atoms with Gasteiger partial charge in [0.2, 0.25) is 0 Å². The molecule has 0 radical (unpaired) electrons. The summed E-state index contributed by atoms with van der Waals surface area (Å²) < 4.78 is 0. The molecule has 2 heteroatoms. The topological polar surface area (TPSA) is 24.7 Å². The van der Waals surface area contributed by atoms with Gasteiger partial charge in [0.05, 0.1) is 22.8 Å². The molecule has 132 valence electrons. The van der Waals surface area contributed by atoms with Crippen molar-refractivity contribution in [3.05, 3.63) is 131 Å². The maximum Gasteiger partial charge on any atom is 0.0795 e. The highest BCUT2D eigenvalue weighted by Crippen LogP contribution is 2.31. The van der Waals surface area contributed by atoms with Crippen LogP contribution in [0.25, 0.3) is 0 Å². The SMILES string of the molecule is c1ccc(N=C2c3ccccc3C(=Nc3ccccc3)c3ccccc32)cc1. The number of para-hydroxylation sites is 2. The molecule has 0 amide bonds. The third-order valence-electron chi connectivity index (χ3n) is 4.87. The Morgan fingerprint density at radius 1 is 0.321 bits per heavy atom. The van der Waals surface area contributed by atoms with E-state index >= 15 is 0 Å². The second kappa shape index (κ2) is 7.09. The maximum absolute atomic E-state index is 5.00. The van der Waals surface area contributed by atoms with Crippen molar-refractivity contribution in [3.63, 3.8) is 0 Å². The third kappa shape index (κ3) is 2.95. The minimum atomic E-state index is 0.950. The number of hydrogen-bond donors (Lipinski definition) is 0. The second-order valence-electron chi connectivity index (χ2n) is 6.68. The van der Waals surface area contributed by atoms with E-state index in [1.165, 1.54) is 0 Å². The summed E-state index contributed by atoms with van der Waals surface area (Å²) in [6.45, 7) is 0. The van der Waals surface area contributed by atoms with Crippen molar-refractivity contribution < 1.29 is 0 Å². The Hall–Kier alpha value is -3.78. The number of aliphatic imine (C=N–C) groups is 2. The lowest BCUT2D eigenvalue weighted by atomic mass is 9.83. The van der Waals surface area contributed by atoms with Crippen molar-refractivity contribution in [2.75, 3.05) is 0 Å². The van der Waals surface area contributed by atoms with E-state index in [1.54, 1.807) is 0 Å². The van der Waals surface area contributed by atoms with E-state index in [1.807, 2.05) is 60.7 Å². The Balaban J connectivity index is 1.78. The summed E-state index contributed by atoms with van der Waals surface area (Å²) in [5.74, 6) is 0. The number of benzene rings is 4. The van der Waals surface area contributed by atoms with Gasteiger partial charge < -0.3 is 0 Å². The molecule has 28 heavy (non-hydrogen) atoms. The third-order valence-corrected chi connectivity index (χ3v) is 4.87. The van der Waals surface area contributed by atoms with Gasteiger partial charge in [-0.1, -0.05) is 84.9 Å². The summed E-state index contributed by atoms with van der Waals surface area (Å²) in [5.41, 5.74) is 8.32. The van der Waals surface area contributed by atoms with Crippen molar-refractivity contribution in [3.8, 4) is 0 Å². The van der Waals surface area contributed by atoms with Crippen molar-refractivity contribution >= 4 is 22.8 Å². The average Bonchev–Trinajstić information content (AvgIpc) is 2.77. The maximum atomic E-state index is 5.00. The first-order valence-corrected chi connectivity index (χ1v) is 9.37. The largest absolute Gasteiger partial charge is 0.248 e. The Morgan fingerprint density at radius 3 is 0.929 bits per heavy atom. The molecule has 0 bridgehead atoms. The molecule has 0 fully saturated rings. The van der Waals surface area contributed by atoms with Crippen molar-refractivity contribution in [2.24, 2.45) is 9.98 Å². The van der Waals surface area contributed by atoms with E-state index in [9.17, 15) is 0 Å². The molecule has 0 aromatic heterocycles. The number of hydrogen-bond acceptors (Lipinski definition) is 2. The molecule has 0 aliphatic heterocycles. The molecule has 0 saturated carbocycles. The summed E-state index contributed by atoms with van der Waals surface area (Å²) in [5, 5.41) is 0. The molecule has 0 N–H and O–H groups in total. The van der Waals surface area contributed by atoms with Crippen LogP contribution in [-0.4, -0.2) is 11.4 Å². The van der Waals surface area contributed by atoms with Crippen LogP contribution in [0.4, 0.5) is 11.4 Å². The summed E-state index contributed by atoms with van der Waals surface area (Å²) in [6.07, 6.45) is 0. The van der Waals surface area contributed by atoms with Crippen LogP contribution in [-0.2, 0) is 0 Å². The van der Waals surface area contributed by atoms with E-state index in [2.05, 4.69) is 48.5 Å². The van der Waals surface area contributed by atoms with Crippen molar-refractivity contribution in [1.29, 1.82) is 0 Å². The average molecular weight is 358 g/mol. The Kier molecular flexibility index (Phi) is 4.15. The number of fused-ring (bicyclic) bond motifs is 2. The van der Waals surface area contributed by atoms with E-state index in [0.29, 0.717) is 0 Å². The quantitative estimate of drug-likeness (QED) is 0.352. The zero-order valence-corrected chi connectivity index (χ0v) is 15.3. The van der Waals surface area contributed by atoms with Crippen molar-refractivity contribution in [2.45, 2.75) is 0 Å². The van der Waals surface area contributed by atoms with Crippen LogP contribution in [0, 0.1) is 0 Å². The predicted molar refractivity (Wildman–Crippen MR) is 116 cm³/mol. The van der Waals surface area contributed by atoms with E-state index < -0.39 is 0 Å². The Morgan fingerprint density at radius 2 is 0.607 bits per heavy atom. The normalized spacial score (nSPS) is 12.1. The molecule has 0 saturated heterocycles. The molecular weight excluding hydrogens is 340 g/mol. The van der Waals surface area contributed by atoms with Crippen LogP contribution in [0.2, 0.25) is 0 Å². The summed E-state index contributed by atoms with van der Waals surface area (Å²) in [7, 11) is 0. The van der Waals surface area contributed by atoms with Gasteiger partial charge in [-0.15, -0.1) is 0 Å². The van der Waals surface area contributed by atoms with Crippen molar-refractivity contribution in [1.82, 2.24) is 0 Å². The van der Waals surface area contributed by atoms with Crippen LogP contribution >= 0.6 is 0 Å². The van der Waals surface area contributed by atoms with Crippen LogP contribution in [0.3, 0.4) is 0 Å². The van der Waals surface area contributed by atoms with Gasteiger partial charge >= 0.3 is 0 Å². The predicted octanol–water partition coefficient (Wildman–Crippen LogP) is 6.34. The highest BCUT2D eigenvalue weighted by molar-refractivity contribution is 6.32. The molecule has 0 unspecified atom stereocenters. The summed E-state index contributed by atoms with van der Waals surface area (Å²) >= 11 is 0. The monoisotopic (exact) mass is 358 g/mol. The lowest BCUT2D eigenvalue weighted by Gasteiger charge is -2.23. The van der Waals surface area contributed by atoms with Gasteiger partial charge in [0.25, 0.3) is 0 Å². The van der Waals surface area contributed by atoms with E-state index in [-0.39, 0.29) is 0 Å². The fraction of sp³-hybridized carbons (Fsp3) is 0. The molecule has 1 aliphatic rings. The fourth-order valence-electron chi connectivity index (χ4n) is 3.59. The van der Waals surface area contributed by atoms with E-state index in [4.69, 9.17) is 9.98 Å². The zero-order chi connectivity index (χ0) is 18.8. The molecule has 1 aliphatic carbocycles. The van der Waals surface area contributed by atoms with Crippen LogP contribution in [0.15, 0.2) is 119 Å². The first-order valence-electron chi connectivity index (χ1n) is 9.37. The highest BCUT2D eigenvalue weighted by Gasteiger charge is 2.26. The smallest absolute Gasteiger partial charge is 0.0795 e. The van der Waals surface area contributed by atoms with Gasteiger partial charge in [-0.2, -0.15) is 0 Å². The molecule has 5 rings (SSSR count). The lowest BCUT2D eigenvalue weighted by molar-refractivity contribution is 1.40. The van der Waals surface area contributed by atoms with Crippen LogP contribution in [0.5, 0.6) is 0 Å².